The van der Waals surface area contributed by atoms with Gasteiger partial charge in [0.25, 0.3) is 0 Å². The second-order valence-corrected chi connectivity index (χ2v) is 5.86. The predicted molar refractivity (Wildman–Crippen MR) is 68.5 cm³/mol. The number of carbonyl (C=O) groups excluding carboxylic acids is 2. The molecule has 10 heteroatoms. The number of rotatable bonds is 4. The van der Waals surface area contributed by atoms with Crippen LogP contribution in [0.25, 0.3) is 0 Å². The summed E-state index contributed by atoms with van der Waals surface area (Å²) < 4.78 is 26.4. The number of sulfonamides is 1. The number of nitrogens with one attached hydrogen (secondary N) is 3. The average molecular weight is 299 g/mol. The maximum absolute atomic E-state index is 12.1. The summed E-state index contributed by atoms with van der Waals surface area (Å²) >= 11 is 0. The second kappa shape index (κ2) is 5.53. The minimum Gasteiger partial charge on any atom is -0.308 e. The summed E-state index contributed by atoms with van der Waals surface area (Å²) in [6.45, 7) is 0. The number of aromatic nitrogens is 1. The number of imide groups is 1. The fraction of sp³-hybridized carbons (Fsp3) is 0.300. The zero-order chi connectivity index (χ0) is 14.8. The highest BCUT2D eigenvalue weighted by Gasteiger charge is 2.30. The van der Waals surface area contributed by atoms with E-state index in [9.17, 15) is 18.0 Å². The van der Waals surface area contributed by atoms with Crippen LogP contribution in [-0.2, 0) is 19.6 Å². The van der Waals surface area contributed by atoms with Crippen LogP contribution in [0.1, 0.15) is 12.8 Å². The first-order valence-corrected chi connectivity index (χ1v) is 7.19. The number of hydrogen-bond acceptors (Lipinski definition) is 7. The van der Waals surface area contributed by atoms with E-state index in [4.69, 9.17) is 5.84 Å². The van der Waals surface area contributed by atoms with E-state index >= 15 is 0 Å². The molecule has 0 spiro atoms. The minimum absolute atomic E-state index is 0.0905. The van der Waals surface area contributed by atoms with Crippen molar-refractivity contribution in [2.45, 2.75) is 23.8 Å². The molecule has 2 heterocycles. The van der Waals surface area contributed by atoms with Crippen LogP contribution in [0.5, 0.6) is 0 Å². The lowest BCUT2D eigenvalue weighted by Gasteiger charge is -2.21. The Hall–Kier alpha value is -2.04. The van der Waals surface area contributed by atoms with Gasteiger partial charge in [0.2, 0.25) is 21.8 Å². The van der Waals surface area contributed by atoms with Crippen LogP contribution in [0.15, 0.2) is 23.2 Å². The van der Waals surface area contributed by atoms with Crippen LogP contribution < -0.4 is 21.3 Å². The molecule has 1 fully saturated rings. The predicted octanol–water partition coefficient (Wildman–Crippen LogP) is -1.55. The number of nitrogens with zero attached hydrogens (tertiary/aromatic N) is 1. The number of hydrazine groups is 1. The molecule has 0 bridgehead atoms. The molecule has 1 aromatic heterocycles. The van der Waals surface area contributed by atoms with E-state index in [1.54, 1.807) is 0 Å². The van der Waals surface area contributed by atoms with Crippen LogP contribution in [0.3, 0.4) is 0 Å². The summed E-state index contributed by atoms with van der Waals surface area (Å²) in [7, 11) is -3.89. The summed E-state index contributed by atoms with van der Waals surface area (Å²) in [6, 6.07) is 1.72. The Morgan fingerprint density at radius 1 is 1.35 bits per heavy atom. The van der Waals surface area contributed by atoms with E-state index in [0.29, 0.717) is 5.82 Å². The smallest absolute Gasteiger partial charge is 0.244 e. The minimum atomic E-state index is -3.89. The summed E-state index contributed by atoms with van der Waals surface area (Å²) in [5, 5.41) is 2.07. The van der Waals surface area contributed by atoms with Gasteiger partial charge in [0.1, 0.15) is 16.8 Å². The Balaban J connectivity index is 2.14. The van der Waals surface area contributed by atoms with Crippen molar-refractivity contribution in [2.24, 2.45) is 5.84 Å². The Labute approximate surface area is 115 Å². The zero-order valence-electron chi connectivity index (χ0n) is 10.3. The first-order valence-electron chi connectivity index (χ1n) is 5.71. The van der Waals surface area contributed by atoms with E-state index in [1.165, 1.54) is 12.1 Å². The highest BCUT2D eigenvalue weighted by atomic mass is 32.2. The van der Waals surface area contributed by atoms with Gasteiger partial charge in [0, 0.05) is 12.6 Å². The molecule has 0 radical (unpaired) electrons. The molecule has 2 amide bonds. The number of pyridine rings is 1. The molecule has 1 saturated heterocycles. The molecule has 20 heavy (non-hydrogen) atoms. The molecular weight excluding hydrogens is 286 g/mol. The molecule has 2 rings (SSSR count). The standard InChI is InChI=1S/C10H13N5O4S/c11-14-8-3-1-6(5-12-8)20(18,19)15-7-2-4-9(16)13-10(7)17/h1,3,5,7,15H,2,4,11H2,(H,12,14)(H,13,16,17). The van der Waals surface area contributed by atoms with Gasteiger partial charge >= 0.3 is 0 Å². The lowest BCUT2D eigenvalue weighted by molar-refractivity contribution is -0.134. The molecule has 1 aromatic rings. The number of piperidine rings is 1. The van der Waals surface area contributed by atoms with Crippen molar-refractivity contribution in [1.82, 2.24) is 15.0 Å². The summed E-state index contributed by atoms with van der Waals surface area (Å²) in [4.78, 5) is 26.2. The molecule has 9 nitrogen and oxygen atoms in total. The van der Waals surface area contributed by atoms with Crippen LogP contribution in [-0.4, -0.2) is 31.3 Å². The molecule has 0 aromatic carbocycles. The number of anilines is 1. The van der Waals surface area contributed by atoms with Gasteiger partial charge in [0.05, 0.1) is 0 Å². The Bertz CT molecular complexity index is 628. The molecular formula is C10H13N5O4S. The normalized spacial score (nSPS) is 19.6. The summed E-state index contributed by atoms with van der Waals surface area (Å²) in [5.41, 5.74) is 2.27. The molecule has 1 aliphatic rings. The second-order valence-electron chi connectivity index (χ2n) is 4.15. The van der Waals surface area contributed by atoms with Gasteiger partial charge in [-0.15, -0.1) is 0 Å². The first kappa shape index (κ1) is 14.4. The Morgan fingerprint density at radius 2 is 2.10 bits per heavy atom. The molecule has 108 valence electrons. The molecule has 1 atom stereocenters. The highest BCUT2D eigenvalue weighted by Crippen LogP contribution is 2.13. The quantitative estimate of drug-likeness (QED) is 0.299. The van der Waals surface area contributed by atoms with Gasteiger partial charge in [-0.05, 0) is 18.6 Å². The van der Waals surface area contributed by atoms with E-state index in [-0.39, 0.29) is 17.7 Å². The third kappa shape index (κ3) is 3.10. The number of hydrogen-bond donors (Lipinski definition) is 4. The lowest BCUT2D eigenvalue weighted by Crippen LogP contribution is -2.52. The molecule has 0 saturated carbocycles. The van der Waals surface area contributed by atoms with Crippen molar-refractivity contribution >= 4 is 27.7 Å². The number of nitrogens with two attached hydrogens (primary N) is 1. The molecule has 1 aliphatic heterocycles. The molecule has 5 N–H and O–H groups in total. The fourth-order valence-electron chi connectivity index (χ4n) is 1.69. The Kier molecular flexibility index (Phi) is 3.97. The Morgan fingerprint density at radius 3 is 2.65 bits per heavy atom. The van der Waals surface area contributed by atoms with E-state index in [0.717, 1.165) is 6.20 Å². The van der Waals surface area contributed by atoms with E-state index < -0.39 is 27.9 Å². The number of carbonyl (C=O) groups is 2. The van der Waals surface area contributed by atoms with Crippen LogP contribution in [0.4, 0.5) is 5.82 Å². The number of nitrogen functional groups attached to an aromatic ring is 1. The third-order valence-corrected chi connectivity index (χ3v) is 4.19. The zero-order valence-corrected chi connectivity index (χ0v) is 11.1. The van der Waals surface area contributed by atoms with E-state index in [2.05, 4.69) is 20.4 Å². The highest BCUT2D eigenvalue weighted by molar-refractivity contribution is 7.89. The summed E-state index contributed by atoms with van der Waals surface area (Å²) in [6.07, 6.45) is 1.33. The van der Waals surface area contributed by atoms with Gasteiger partial charge in [-0.2, -0.15) is 4.72 Å². The first-order chi connectivity index (χ1) is 9.42. The van der Waals surface area contributed by atoms with Gasteiger partial charge in [-0.25, -0.2) is 19.2 Å². The van der Waals surface area contributed by atoms with Crippen molar-refractivity contribution in [2.75, 3.05) is 5.43 Å². The van der Waals surface area contributed by atoms with Crippen LogP contribution in [0.2, 0.25) is 0 Å². The van der Waals surface area contributed by atoms with Crippen molar-refractivity contribution < 1.29 is 18.0 Å². The largest absolute Gasteiger partial charge is 0.308 e. The molecule has 1 unspecified atom stereocenters. The molecule has 0 aliphatic carbocycles. The average Bonchev–Trinajstić information content (AvgIpc) is 2.42. The van der Waals surface area contributed by atoms with E-state index in [1.807, 2.05) is 0 Å². The SMILES string of the molecule is NNc1ccc(S(=O)(=O)NC2CCC(=O)NC2=O)cn1. The maximum Gasteiger partial charge on any atom is 0.244 e. The van der Waals surface area contributed by atoms with Gasteiger partial charge in [-0.3, -0.25) is 14.9 Å². The van der Waals surface area contributed by atoms with Gasteiger partial charge in [-0.1, -0.05) is 0 Å². The number of amides is 2. The van der Waals surface area contributed by atoms with Crippen LogP contribution in [0, 0.1) is 0 Å². The topological polar surface area (TPSA) is 143 Å². The third-order valence-electron chi connectivity index (χ3n) is 2.73. The van der Waals surface area contributed by atoms with Gasteiger partial charge < -0.3 is 5.43 Å². The lowest BCUT2D eigenvalue weighted by atomic mass is 10.1. The van der Waals surface area contributed by atoms with Crippen molar-refractivity contribution in [3.8, 4) is 0 Å². The van der Waals surface area contributed by atoms with Crippen LogP contribution >= 0.6 is 0 Å². The van der Waals surface area contributed by atoms with Crippen molar-refractivity contribution in [3.05, 3.63) is 18.3 Å². The van der Waals surface area contributed by atoms with Gasteiger partial charge in [0.15, 0.2) is 0 Å². The summed E-state index contributed by atoms with van der Waals surface area (Å²) in [5.74, 6) is 4.37. The van der Waals surface area contributed by atoms with Crippen molar-refractivity contribution in [1.29, 1.82) is 0 Å². The maximum atomic E-state index is 12.1. The monoisotopic (exact) mass is 299 g/mol. The van der Waals surface area contributed by atoms with Crippen molar-refractivity contribution in [3.63, 3.8) is 0 Å². The fourth-order valence-corrected chi connectivity index (χ4v) is 2.86.